The highest BCUT2D eigenvalue weighted by Gasteiger charge is 2.33. The molecule has 7 nitrogen and oxygen atoms in total. The van der Waals surface area contributed by atoms with E-state index in [0.29, 0.717) is 18.7 Å². The molecule has 0 aliphatic rings. The lowest BCUT2D eigenvalue weighted by atomic mass is 10.0. The number of rotatable bonds is 12. The summed E-state index contributed by atoms with van der Waals surface area (Å²) < 4.78 is 27.2. The number of nitrogens with one attached hydrogen (secondary N) is 1. The Kier molecular flexibility index (Phi) is 10.3. The lowest BCUT2D eigenvalue weighted by Gasteiger charge is -2.34. The molecule has 208 valence electrons. The van der Waals surface area contributed by atoms with Gasteiger partial charge in [-0.1, -0.05) is 85.3 Å². The molecule has 1 atom stereocenters. The topological polar surface area (TPSA) is 86.8 Å². The Morgan fingerprint density at radius 3 is 2.08 bits per heavy atom. The fourth-order valence-electron chi connectivity index (χ4n) is 4.70. The molecule has 0 unspecified atom stereocenters. The molecule has 39 heavy (non-hydrogen) atoms. The van der Waals surface area contributed by atoms with E-state index in [1.807, 2.05) is 100 Å². The van der Waals surface area contributed by atoms with Crippen molar-refractivity contribution in [2.24, 2.45) is 0 Å². The summed E-state index contributed by atoms with van der Waals surface area (Å²) in [7, 11) is -3.80. The van der Waals surface area contributed by atoms with Gasteiger partial charge in [0, 0.05) is 19.5 Å². The Hall–Kier alpha value is -3.65. The molecule has 3 aromatic carbocycles. The molecule has 0 bridgehead atoms. The van der Waals surface area contributed by atoms with E-state index in [1.165, 1.54) is 4.90 Å². The molecule has 0 aliphatic heterocycles. The zero-order valence-corrected chi connectivity index (χ0v) is 24.3. The molecule has 0 saturated heterocycles. The van der Waals surface area contributed by atoms with E-state index in [1.54, 1.807) is 0 Å². The normalized spacial score (nSPS) is 12.0. The van der Waals surface area contributed by atoms with Crippen molar-refractivity contribution in [2.75, 3.05) is 23.7 Å². The third-order valence-electron chi connectivity index (χ3n) is 6.62. The highest BCUT2D eigenvalue weighted by Crippen LogP contribution is 2.27. The van der Waals surface area contributed by atoms with Crippen LogP contribution < -0.4 is 9.62 Å². The summed E-state index contributed by atoms with van der Waals surface area (Å²) in [5.74, 6) is -0.711. The maximum atomic E-state index is 14.1. The van der Waals surface area contributed by atoms with E-state index in [2.05, 4.69) is 5.32 Å². The Morgan fingerprint density at radius 1 is 0.872 bits per heavy atom. The first-order chi connectivity index (χ1) is 18.5. The summed E-state index contributed by atoms with van der Waals surface area (Å²) in [4.78, 5) is 29.2. The van der Waals surface area contributed by atoms with E-state index >= 15 is 0 Å². The summed E-state index contributed by atoms with van der Waals surface area (Å²) in [5, 5.41) is 2.95. The number of nitrogens with zero attached hydrogens (tertiary/aromatic N) is 2. The van der Waals surface area contributed by atoms with E-state index < -0.39 is 28.5 Å². The van der Waals surface area contributed by atoms with Crippen LogP contribution in [0.4, 0.5) is 5.69 Å². The molecule has 2 amide bonds. The zero-order chi connectivity index (χ0) is 28.6. The van der Waals surface area contributed by atoms with Crippen molar-refractivity contribution in [1.29, 1.82) is 0 Å². The summed E-state index contributed by atoms with van der Waals surface area (Å²) in [6.07, 6.45) is 2.16. The van der Waals surface area contributed by atoms with Crippen molar-refractivity contribution < 1.29 is 18.0 Å². The minimum Gasteiger partial charge on any atom is -0.354 e. The second kappa shape index (κ2) is 13.4. The second-order valence-electron chi connectivity index (χ2n) is 10.0. The summed E-state index contributed by atoms with van der Waals surface area (Å²) >= 11 is 0. The molecule has 3 aromatic rings. The van der Waals surface area contributed by atoms with Gasteiger partial charge in [0.25, 0.3) is 0 Å². The fraction of sp³-hybridized carbons (Fsp3) is 0.355. The largest absolute Gasteiger partial charge is 0.354 e. The Labute approximate surface area is 232 Å². The number of carbonyl (C=O) groups is 2. The van der Waals surface area contributed by atoms with Gasteiger partial charge in [-0.15, -0.1) is 0 Å². The molecule has 0 aliphatic carbocycles. The SMILES string of the molecule is CCCNC(=O)[C@@H](Cc1ccccc1)N(Cc1cccc(C)c1)C(=O)CN(c1c(C)cccc1C)S(C)(=O)=O. The number of anilines is 1. The number of amides is 2. The van der Waals surface area contributed by atoms with Crippen LogP contribution in [0, 0.1) is 20.8 Å². The van der Waals surface area contributed by atoms with E-state index in [9.17, 15) is 18.0 Å². The van der Waals surface area contributed by atoms with Crippen LogP contribution in [-0.4, -0.2) is 50.5 Å². The van der Waals surface area contributed by atoms with Crippen LogP contribution in [0.2, 0.25) is 0 Å². The van der Waals surface area contributed by atoms with Gasteiger partial charge in [0.2, 0.25) is 21.8 Å². The first kappa shape index (κ1) is 29.9. The quantitative estimate of drug-likeness (QED) is 0.359. The molecular formula is C31H39N3O4S. The van der Waals surface area contributed by atoms with Crippen molar-refractivity contribution in [3.05, 3.63) is 101 Å². The molecular weight excluding hydrogens is 510 g/mol. The number of hydrogen-bond acceptors (Lipinski definition) is 4. The monoisotopic (exact) mass is 549 g/mol. The molecule has 3 rings (SSSR count). The summed E-state index contributed by atoms with van der Waals surface area (Å²) in [6.45, 7) is 7.82. The number of sulfonamides is 1. The standard InChI is InChI=1S/C31H39N3O4S/c1-6-18-32-31(36)28(20-26-15-8-7-9-16-26)33(21-27-17-10-12-23(2)19-27)29(35)22-34(39(5,37)38)30-24(3)13-11-14-25(30)4/h7-17,19,28H,6,18,20-22H2,1-5H3,(H,32,36)/t28-/m1/s1. The van der Waals surface area contributed by atoms with Crippen LogP contribution in [0.5, 0.6) is 0 Å². The van der Waals surface area contributed by atoms with Gasteiger partial charge in [-0.05, 0) is 49.4 Å². The molecule has 0 spiro atoms. The molecule has 0 heterocycles. The smallest absolute Gasteiger partial charge is 0.244 e. The molecule has 0 radical (unpaired) electrons. The summed E-state index contributed by atoms with van der Waals surface area (Å²) in [6, 6.07) is 22.0. The van der Waals surface area contributed by atoms with Crippen LogP contribution in [0.1, 0.15) is 41.2 Å². The van der Waals surface area contributed by atoms with Gasteiger partial charge in [0.1, 0.15) is 12.6 Å². The minimum absolute atomic E-state index is 0.169. The van der Waals surface area contributed by atoms with Crippen LogP contribution in [0.25, 0.3) is 0 Å². The van der Waals surface area contributed by atoms with Crippen LogP contribution in [0.15, 0.2) is 72.8 Å². The van der Waals surface area contributed by atoms with Gasteiger partial charge in [-0.2, -0.15) is 0 Å². The van der Waals surface area contributed by atoms with Crippen molar-refractivity contribution in [3.63, 3.8) is 0 Å². The molecule has 0 saturated carbocycles. The highest BCUT2D eigenvalue weighted by molar-refractivity contribution is 7.92. The van der Waals surface area contributed by atoms with Crippen LogP contribution in [0.3, 0.4) is 0 Å². The highest BCUT2D eigenvalue weighted by atomic mass is 32.2. The van der Waals surface area contributed by atoms with Gasteiger partial charge in [0.05, 0.1) is 11.9 Å². The maximum absolute atomic E-state index is 14.1. The van der Waals surface area contributed by atoms with Crippen molar-refractivity contribution in [1.82, 2.24) is 10.2 Å². The Morgan fingerprint density at radius 2 is 1.49 bits per heavy atom. The molecule has 1 N–H and O–H groups in total. The van der Waals surface area contributed by atoms with Gasteiger partial charge in [-0.3, -0.25) is 13.9 Å². The number of carbonyl (C=O) groups excluding carboxylic acids is 2. The predicted molar refractivity (Wildman–Crippen MR) is 157 cm³/mol. The fourth-order valence-corrected chi connectivity index (χ4v) is 5.67. The lowest BCUT2D eigenvalue weighted by Crippen LogP contribution is -2.53. The van der Waals surface area contributed by atoms with Crippen molar-refractivity contribution in [3.8, 4) is 0 Å². The van der Waals surface area contributed by atoms with Gasteiger partial charge in [0.15, 0.2) is 0 Å². The zero-order valence-electron chi connectivity index (χ0n) is 23.5. The summed E-state index contributed by atoms with van der Waals surface area (Å²) in [5.41, 5.74) is 4.79. The minimum atomic E-state index is -3.80. The Balaban J connectivity index is 2.08. The van der Waals surface area contributed by atoms with Gasteiger partial charge >= 0.3 is 0 Å². The van der Waals surface area contributed by atoms with E-state index in [-0.39, 0.29) is 12.5 Å². The second-order valence-corrected chi connectivity index (χ2v) is 11.9. The third-order valence-corrected chi connectivity index (χ3v) is 7.74. The van der Waals surface area contributed by atoms with Crippen LogP contribution in [-0.2, 0) is 32.6 Å². The van der Waals surface area contributed by atoms with Gasteiger partial charge < -0.3 is 10.2 Å². The van der Waals surface area contributed by atoms with Crippen molar-refractivity contribution >= 4 is 27.5 Å². The Bertz CT molecular complexity index is 1370. The van der Waals surface area contributed by atoms with E-state index in [0.717, 1.165) is 44.8 Å². The lowest BCUT2D eigenvalue weighted by molar-refractivity contribution is -0.140. The predicted octanol–water partition coefficient (Wildman–Crippen LogP) is 4.54. The molecule has 0 aromatic heterocycles. The number of hydrogen-bond donors (Lipinski definition) is 1. The number of aryl methyl sites for hydroxylation is 3. The third kappa shape index (κ3) is 8.17. The molecule has 8 heteroatoms. The first-order valence-electron chi connectivity index (χ1n) is 13.2. The first-order valence-corrected chi connectivity index (χ1v) is 15.1. The van der Waals surface area contributed by atoms with Crippen molar-refractivity contribution in [2.45, 2.75) is 53.1 Å². The average molecular weight is 550 g/mol. The molecule has 0 fully saturated rings. The maximum Gasteiger partial charge on any atom is 0.244 e. The van der Waals surface area contributed by atoms with Gasteiger partial charge in [-0.25, -0.2) is 8.42 Å². The van der Waals surface area contributed by atoms with E-state index in [4.69, 9.17) is 0 Å². The average Bonchev–Trinajstić information content (AvgIpc) is 2.88. The number of benzene rings is 3. The van der Waals surface area contributed by atoms with Crippen LogP contribution >= 0.6 is 0 Å². The number of para-hydroxylation sites is 1.